The minimum atomic E-state index is -2.65. The molecule has 0 bridgehead atoms. The van der Waals surface area contributed by atoms with Crippen LogP contribution in [-0.4, -0.2) is 32.8 Å². The van der Waals surface area contributed by atoms with E-state index >= 15 is 0 Å². The number of anilines is 2. The molecule has 21 heavy (non-hydrogen) atoms. The third-order valence-electron chi connectivity index (χ3n) is 2.70. The van der Waals surface area contributed by atoms with Gasteiger partial charge in [-0.2, -0.15) is 15.3 Å². The molecule has 2 heterocycles. The Bertz CT molecular complexity index is 679. The van der Waals surface area contributed by atoms with Gasteiger partial charge in [-0.1, -0.05) is 0 Å². The van der Waals surface area contributed by atoms with E-state index in [1.807, 2.05) is 6.92 Å². The van der Waals surface area contributed by atoms with Gasteiger partial charge < -0.3 is 10.1 Å². The lowest BCUT2D eigenvalue weighted by Crippen LogP contribution is -2.10. The molecule has 0 fully saturated rings. The summed E-state index contributed by atoms with van der Waals surface area (Å²) in [7, 11) is 1.78. The Kier molecular flexibility index (Phi) is 4.27. The van der Waals surface area contributed by atoms with Crippen LogP contribution in [0.25, 0.3) is 0 Å². The Labute approximate surface area is 119 Å². The quantitative estimate of drug-likeness (QED) is 0.904. The zero-order chi connectivity index (χ0) is 15.4. The maximum atomic E-state index is 12.2. The highest BCUT2D eigenvalue weighted by atomic mass is 19.3. The first kappa shape index (κ1) is 14.6. The maximum absolute atomic E-state index is 12.2. The Hall–Kier alpha value is -2.76. The van der Waals surface area contributed by atoms with Crippen molar-refractivity contribution in [2.24, 2.45) is 7.05 Å². The largest absolute Gasteiger partial charge is 0.471 e. The van der Waals surface area contributed by atoms with Crippen LogP contribution in [0.4, 0.5) is 20.4 Å². The molecule has 110 valence electrons. The van der Waals surface area contributed by atoms with Crippen molar-refractivity contribution >= 4 is 11.6 Å². The van der Waals surface area contributed by atoms with Crippen molar-refractivity contribution < 1.29 is 13.5 Å². The summed E-state index contributed by atoms with van der Waals surface area (Å²) < 4.78 is 30.8. The molecule has 0 saturated heterocycles. The van der Waals surface area contributed by atoms with Crippen molar-refractivity contribution in [3.05, 3.63) is 23.7 Å². The topological polar surface area (TPSA) is 88.7 Å². The van der Waals surface area contributed by atoms with Crippen LogP contribution in [0.1, 0.15) is 11.3 Å². The number of aryl methyl sites for hydroxylation is 1. The fourth-order valence-corrected chi connectivity index (χ4v) is 1.50. The summed E-state index contributed by atoms with van der Waals surface area (Å²) in [5.74, 6) is -0.0498. The van der Waals surface area contributed by atoms with Gasteiger partial charge in [0.2, 0.25) is 11.8 Å². The minimum Gasteiger partial charge on any atom is -0.471 e. The Morgan fingerprint density at radius 3 is 2.81 bits per heavy atom. The summed E-state index contributed by atoms with van der Waals surface area (Å²) >= 11 is 0. The van der Waals surface area contributed by atoms with E-state index in [1.54, 1.807) is 24.0 Å². The van der Waals surface area contributed by atoms with E-state index in [-0.39, 0.29) is 17.4 Å². The minimum absolute atomic E-state index is 0.0101. The molecule has 0 aliphatic heterocycles. The summed E-state index contributed by atoms with van der Waals surface area (Å²) in [5.41, 5.74) is 1.50. The van der Waals surface area contributed by atoms with Crippen molar-refractivity contribution in [2.45, 2.75) is 13.3 Å². The lowest BCUT2D eigenvalue weighted by Gasteiger charge is -2.08. The van der Waals surface area contributed by atoms with Crippen LogP contribution in [0, 0.1) is 18.3 Å². The summed E-state index contributed by atoms with van der Waals surface area (Å²) in [4.78, 5) is 7.86. The van der Waals surface area contributed by atoms with Crippen molar-refractivity contribution in [2.75, 3.05) is 11.9 Å². The van der Waals surface area contributed by atoms with E-state index in [2.05, 4.69) is 20.4 Å². The lowest BCUT2D eigenvalue weighted by atomic mass is 10.3. The molecule has 0 spiro atoms. The third-order valence-corrected chi connectivity index (χ3v) is 2.70. The first-order valence-electron chi connectivity index (χ1n) is 5.95. The van der Waals surface area contributed by atoms with E-state index in [9.17, 15) is 8.78 Å². The van der Waals surface area contributed by atoms with E-state index in [1.165, 1.54) is 6.20 Å². The Balaban J connectivity index is 2.23. The van der Waals surface area contributed by atoms with E-state index < -0.39 is 13.0 Å². The number of nitriles is 1. The number of alkyl halides is 2. The van der Waals surface area contributed by atoms with Crippen LogP contribution in [0.5, 0.6) is 5.88 Å². The second-order valence-electron chi connectivity index (χ2n) is 4.12. The average Bonchev–Trinajstić information content (AvgIpc) is 2.77. The normalized spacial score (nSPS) is 10.5. The van der Waals surface area contributed by atoms with Crippen LogP contribution in [-0.2, 0) is 7.05 Å². The number of halogens is 2. The summed E-state index contributed by atoms with van der Waals surface area (Å²) in [5, 5.41) is 15.8. The molecule has 2 aromatic rings. The summed E-state index contributed by atoms with van der Waals surface area (Å²) in [6, 6.07) is 1.79. The number of rotatable bonds is 5. The van der Waals surface area contributed by atoms with Crippen LogP contribution < -0.4 is 10.1 Å². The molecule has 9 heteroatoms. The smallest absolute Gasteiger partial charge is 0.272 e. The van der Waals surface area contributed by atoms with Crippen LogP contribution in [0.2, 0.25) is 0 Å². The molecule has 0 aliphatic carbocycles. The van der Waals surface area contributed by atoms with E-state index in [0.29, 0.717) is 5.69 Å². The van der Waals surface area contributed by atoms with Gasteiger partial charge in [-0.25, -0.2) is 13.8 Å². The van der Waals surface area contributed by atoms with Gasteiger partial charge in [0.05, 0.1) is 23.8 Å². The summed E-state index contributed by atoms with van der Waals surface area (Å²) in [6.07, 6.45) is 0.141. The predicted octanol–water partition coefficient (Wildman–Crippen LogP) is 1.78. The molecule has 7 nitrogen and oxygen atoms in total. The average molecular weight is 294 g/mol. The molecule has 0 aliphatic rings. The zero-order valence-electron chi connectivity index (χ0n) is 11.3. The van der Waals surface area contributed by atoms with Crippen LogP contribution in [0.15, 0.2) is 12.4 Å². The SMILES string of the molecule is Cc1c(Nc2ncc(C#N)c(OCC(F)F)n2)cnn1C. The highest BCUT2D eigenvalue weighted by Gasteiger charge is 2.13. The van der Waals surface area contributed by atoms with Gasteiger partial charge >= 0.3 is 0 Å². The highest BCUT2D eigenvalue weighted by molar-refractivity contribution is 5.56. The lowest BCUT2D eigenvalue weighted by molar-refractivity contribution is 0.0794. The van der Waals surface area contributed by atoms with Crippen molar-refractivity contribution in [3.63, 3.8) is 0 Å². The van der Waals surface area contributed by atoms with E-state index in [0.717, 1.165) is 5.69 Å². The molecular formula is C12H12F2N6O. The van der Waals surface area contributed by atoms with E-state index in [4.69, 9.17) is 10.00 Å². The second kappa shape index (κ2) is 6.13. The third kappa shape index (κ3) is 3.42. The van der Waals surface area contributed by atoms with Gasteiger partial charge in [0.15, 0.2) is 6.61 Å². The van der Waals surface area contributed by atoms with Gasteiger partial charge in [-0.15, -0.1) is 0 Å². The fraction of sp³-hybridized carbons (Fsp3) is 0.333. The van der Waals surface area contributed by atoms with Crippen molar-refractivity contribution in [3.8, 4) is 11.9 Å². The Morgan fingerprint density at radius 1 is 1.48 bits per heavy atom. The van der Waals surface area contributed by atoms with Gasteiger partial charge in [0.1, 0.15) is 11.6 Å². The first-order valence-corrected chi connectivity index (χ1v) is 5.95. The zero-order valence-corrected chi connectivity index (χ0v) is 11.3. The number of ether oxygens (including phenoxy) is 1. The number of hydrogen-bond donors (Lipinski definition) is 1. The van der Waals surface area contributed by atoms with Crippen LogP contribution in [0.3, 0.4) is 0 Å². The number of nitrogens with zero attached hydrogens (tertiary/aromatic N) is 5. The standard InChI is InChI=1S/C12H12F2N6O/c1-7-9(5-17-20(7)2)18-12-16-4-8(3-15)11(19-12)21-6-10(13)14/h4-5,10H,6H2,1-2H3,(H,16,18,19). The highest BCUT2D eigenvalue weighted by Crippen LogP contribution is 2.20. The molecule has 0 amide bonds. The van der Waals surface area contributed by atoms with Crippen LogP contribution >= 0.6 is 0 Å². The molecular weight excluding hydrogens is 282 g/mol. The second-order valence-corrected chi connectivity index (χ2v) is 4.12. The monoisotopic (exact) mass is 294 g/mol. The van der Waals surface area contributed by atoms with Crippen molar-refractivity contribution in [1.82, 2.24) is 19.7 Å². The molecule has 1 N–H and O–H groups in total. The fourth-order valence-electron chi connectivity index (χ4n) is 1.50. The van der Waals surface area contributed by atoms with Gasteiger partial charge in [-0.05, 0) is 6.92 Å². The van der Waals surface area contributed by atoms with Gasteiger partial charge in [0, 0.05) is 7.05 Å². The molecule has 0 atom stereocenters. The number of aromatic nitrogens is 4. The molecule has 2 rings (SSSR count). The maximum Gasteiger partial charge on any atom is 0.272 e. The molecule has 0 radical (unpaired) electrons. The molecule has 0 aromatic carbocycles. The predicted molar refractivity (Wildman–Crippen MR) is 69.5 cm³/mol. The van der Waals surface area contributed by atoms with Gasteiger partial charge in [-0.3, -0.25) is 4.68 Å². The molecule has 0 unspecified atom stereocenters. The first-order chi connectivity index (χ1) is 10.0. The number of hydrogen-bond acceptors (Lipinski definition) is 6. The van der Waals surface area contributed by atoms with Gasteiger partial charge in [0.25, 0.3) is 6.43 Å². The summed E-state index contributed by atoms with van der Waals surface area (Å²) in [6.45, 7) is 1.00. The number of nitrogens with one attached hydrogen (secondary N) is 1. The Morgan fingerprint density at radius 2 is 2.24 bits per heavy atom. The molecule has 0 saturated carbocycles. The molecule has 2 aromatic heterocycles. The van der Waals surface area contributed by atoms with Crippen molar-refractivity contribution in [1.29, 1.82) is 5.26 Å².